The molecule has 6 heteroatoms. The smallest absolute Gasteiger partial charge is 0.324 e. The van der Waals surface area contributed by atoms with Gasteiger partial charge in [-0.05, 0) is 24.6 Å². The summed E-state index contributed by atoms with van der Waals surface area (Å²) in [7, 11) is 0. The third-order valence-electron chi connectivity index (χ3n) is 2.46. The summed E-state index contributed by atoms with van der Waals surface area (Å²) in [5.74, 6) is -1.98. The second kappa shape index (κ2) is 5.17. The molecule has 19 heavy (non-hydrogen) atoms. The number of carbonyl (C=O) groups excluding carboxylic acids is 1. The number of halogens is 3. The maximum absolute atomic E-state index is 12.1. The average Bonchev–Trinajstić information content (AvgIpc) is 2.39. The second-order valence-electron chi connectivity index (χ2n) is 3.91. The summed E-state index contributed by atoms with van der Waals surface area (Å²) in [6.07, 6.45) is 3.39. The van der Waals surface area contributed by atoms with E-state index in [1.807, 2.05) is 29.9 Å². The molecular formula is C13H11F3N2O. The average molecular weight is 268 g/mol. The highest BCUT2D eigenvalue weighted by Crippen LogP contribution is 2.24. The highest BCUT2D eigenvalue weighted by Gasteiger charge is 2.38. The Morgan fingerprint density at radius 1 is 1.21 bits per heavy atom. The van der Waals surface area contributed by atoms with E-state index in [0.717, 1.165) is 6.42 Å². The highest BCUT2D eigenvalue weighted by molar-refractivity contribution is 5.95. The number of allylic oxidation sites excluding steroid dienone is 2. The molecule has 0 unspecified atom stereocenters. The monoisotopic (exact) mass is 268 g/mol. The van der Waals surface area contributed by atoms with E-state index in [0.29, 0.717) is 5.69 Å². The fourth-order valence-electron chi connectivity index (χ4n) is 1.60. The van der Waals surface area contributed by atoms with Gasteiger partial charge in [-0.25, -0.2) is 0 Å². The van der Waals surface area contributed by atoms with Crippen molar-refractivity contribution in [2.45, 2.75) is 12.6 Å². The molecule has 1 amide bonds. The summed E-state index contributed by atoms with van der Waals surface area (Å²) >= 11 is 0. The predicted octanol–water partition coefficient (Wildman–Crippen LogP) is 3.42. The lowest BCUT2D eigenvalue weighted by Crippen LogP contribution is -2.29. The van der Waals surface area contributed by atoms with Crippen molar-refractivity contribution in [3.63, 3.8) is 0 Å². The number of hydrogen-bond donors (Lipinski definition) is 1. The maximum Gasteiger partial charge on any atom is 0.471 e. The van der Waals surface area contributed by atoms with Crippen molar-refractivity contribution in [1.82, 2.24) is 0 Å². The maximum atomic E-state index is 12.1. The van der Waals surface area contributed by atoms with Gasteiger partial charge in [0, 0.05) is 23.8 Å². The molecule has 1 aliphatic rings. The quantitative estimate of drug-likeness (QED) is 0.891. The zero-order chi connectivity index (χ0) is 13.9. The normalized spacial score (nSPS) is 14.6. The van der Waals surface area contributed by atoms with Crippen LogP contribution in [0.1, 0.15) is 6.42 Å². The first-order valence-corrected chi connectivity index (χ1v) is 5.57. The van der Waals surface area contributed by atoms with Crippen LogP contribution in [0.15, 0.2) is 48.8 Å². The van der Waals surface area contributed by atoms with Crippen LogP contribution in [0, 0.1) is 0 Å². The molecule has 1 aromatic rings. The van der Waals surface area contributed by atoms with Crippen LogP contribution in [0.25, 0.3) is 0 Å². The van der Waals surface area contributed by atoms with Gasteiger partial charge in [-0.3, -0.25) is 4.79 Å². The van der Waals surface area contributed by atoms with Crippen LogP contribution in [0.2, 0.25) is 0 Å². The number of amides is 1. The highest BCUT2D eigenvalue weighted by atomic mass is 19.4. The molecule has 0 atom stereocenters. The number of carbonyl (C=O) groups is 1. The van der Waals surface area contributed by atoms with Crippen LogP contribution in [0.5, 0.6) is 0 Å². The molecule has 3 nitrogen and oxygen atoms in total. The van der Waals surface area contributed by atoms with Crippen LogP contribution in [0.4, 0.5) is 24.5 Å². The van der Waals surface area contributed by atoms with Gasteiger partial charge in [0.1, 0.15) is 0 Å². The summed E-state index contributed by atoms with van der Waals surface area (Å²) in [6.45, 7) is 0. The van der Waals surface area contributed by atoms with Crippen LogP contribution in [-0.2, 0) is 4.79 Å². The van der Waals surface area contributed by atoms with E-state index < -0.39 is 12.1 Å². The molecule has 0 bridgehead atoms. The first kappa shape index (κ1) is 13.2. The number of nitrogens with zero attached hydrogens (tertiary/aromatic N) is 1. The van der Waals surface area contributed by atoms with Gasteiger partial charge < -0.3 is 10.2 Å². The third kappa shape index (κ3) is 3.37. The molecule has 0 spiro atoms. The molecule has 0 saturated heterocycles. The lowest BCUT2D eigenvalue weighted by molar-refractivity contribution is -0.167. The largest absolute Gasteiger partial charge is 0.471 e. The minimum absolute atomic E-state index is 0.104. The summed E-state index contributed by atoms with van der Waals surface area (Å²) in [5, 5.41) is 1.82. The van der Waals surface area contributed by atoms with E-state index >= 15 is 0 Å². The van der Waals surface area contributed by atoms with Gasteiger partial charge in [-0.1, -0.05) is 18.2 Å². The molecule has 1 aromatic carbocycles. The molecule has 1 N–H and O–H groups in total. The summed E-state index contributed by atoms with van der Waals surface area (Å²) in [5.41, 5.74) is 0.777. The summed E-state index contributed by atoms with van der Waals surface area (Å²) in [6, 6.07) is 6.20. The molecule has 0 radical (unpaired) electrons. The zero-order valence-corrected chi connectivity index (χ0v) is 9.82. The Morgan fingerprint density at radius 2 is 1.89 bits per heavy atom. The van der Waals surface area contributed by atoms with Crippen molar-refractivity contribution in [1.29, 1.82) is 0 Å². The predicted molar refractivity (Wildman–Crippen MR) is 66.5 cm³/mol. The van der Waals surface area contributed by atoms with Gasteiger partial charge in [-0.15, -0.1) is 0 Å². The second-order valence-corrected chi connectivity index (χ2v) is 3.91. The fraction of sp³-hybridized carbons (Fsp3) is 0.154. The number of benzene rings is 1. The van der Waals surface area contributed by atoms with Crippen LogP contribution >= 0.6 is 0 Å². The van der Waals surface area contributed by atoms with E-state index in [1.165, 1.54) is 12.1 Å². The van der Waals surface area contributed by atoms with Crippen molar-refractivity contribution in [3.05, 3.63) is 48.8 Å². The first-order valence-electron chi connectivity index (χ1n) is 5.57. The van der Waals surface area contributed by atoms with Crippen LogP contribution in [-0.4, -0.2) is 12.1 Å². The summed E-state index contributed by atoms with van der Waals surface area (Å²) in [4.78, 5) is 12.6. The van der Waals surface area contributed by atoms with Crippen molar-refractivity contribution in [2.75, 3.05) is 10.2 Å². The number of anilines is 2. The molecule has 2 rings (SSSR count). The van der Waals surface area contributed by atoms with Gasteiger partial charge in [0.05, 0.1) is 0 Å². The fourth-order valence-corrected chi connectivity index (χ4v) is 1.60. The van der Waals surface area contributed by atoms with E-state index in [9.17, 15) is 18.0 Å². The molecule has 100 valence electrons. The Bertz CT molecular complexity index is 523. The number of alkyl halides is 3. The van der Waals surface area contributed by atoms with Crippen molar-refractivity contribution in [3.8, 4) is 0 Å². The van der Waals surface area contributed by atoms with Crippen molar-refractivity contribution >= 4 is 17.3 Å². The van der Waals surface area contributed by atoms with E-state index in [4.69, 9.17) is 0 Å². The summed E-state index contributed by atoms with van der Waals surface area (Å²) < 4.78 is 36.4. The molecule has 0 saturated carbocycles. The molecule has 0 aromatic heterocycles. The SMILES string of the molecule is O=C(Nc1cccc(N2C=CCC=C2)c1)C(F)(F)F. The Hall–Kier alpha value is -2.24. The Balaban J connectivity index is 2.15. The Kier molecular flexibility index (Phi) is 3.59. The van der Waals surface area contributed by atoms with E-state index in [1.54, 1.807) is 17.0 Å². The minimum Gasteiger partial charge on any atom is -0.324 e. The molecule has 1 heterocycles. The molecular weight excluding hydrogens is 257 g/mol. The van der Waals surface area contributed by atoms with E-state index in [2.05, 4.69) is 0 Å². The molecule has 0 aliphatic carbocycles. The topological polar surface area (TPSA) is 32.3 Å². The molecule has 0 fully saturated rings. The van der Waals surface area contributed by atoms with Gasteiger partial charge in [0.15, 0.2) is 0 Å². The standard InChI is InChI=1S/C13H11F3N2O/c14-13(15,16)12(19)17-10-5-4-6-11(9-10)18-7-2-1-3-8-18/h2-9H,1H2,(H,17,19). The first-order chi connectivity index (χ1) is 8.97. The van der Waals surface area contributed by atoms with Crippen LogP contribution in [0.3, 0.4) is 0 Å². The lowest BCUT2D eigenvalue weighted by atomic mass is 10.2. The van der Waals surface area contributed by atoms with Crippen LogP contribution < -0.4 is 10.2 Å². The third-order valence-corrected chi connectivity index (χ3v) is 2.46. The minimum atomic E-state index is -4.89. The Morgan fingerprint density at radius 3 is 2.53 bits per heavy atom. The van der Waals surface area contributed by atoms with E-state index in [-0.39, 0.29) is 5.69 Å². The Labute approximate surface area is 108 Å². The molecule has 1 aliphatic heterocycles. The lowest BCUT2D eigenvalue weighted by Gasteiger charge is -2.19. The number of rotatable bonds is 2. The zero-order valence-electron chi connectivity index (χ0n) is 9.82. The van der Waals surface area contributed by atoms with Crippen molar-refractivity contribution in [2.24, 2.45) is 0 Å². The van der Waals surface area contributed by atoms with Gasteiger partial charge in [-0.2, -0.15) is 13.2 Å². The van der Waals surface area contributed by atoms with Gasteiger partial charge in [0.25, 0.3) is 0 Å². The number of nitrogens with one attached hydrogen (secondary N) is 1. The van der Waals surface area contributed by atoms with Gasteiger partial charge >= 0.3 is 12.1 Å². The van der Waals surface area contributed by atoms with Gasteiger partial charge in [0.2, 0.25) is 0 Å². The van der Waals surface area contributed by atoms with Crippen molar-refractivity contribution < 1.29 is 18.0 Å². The number of hydrogen-bond acceptors (Lipinski definition) is 2.